The van der Waals surface area contributed by atoms with Gasteiger partial charge in [-0.05, 0) is 37.6 Å². The van der Waals surface area contributed by atoms with Gasteiger partial charge in [-0.2, -0.15) is 0 Å². The molecule has 2 nitrogen and oxygen atoms in total. The molecule has 0 aliphatic rings. The predicted molar refractivity (Wildman–Crippen MR) is 76.4 cm³/mol. The van der Waals surface area contributed by atoms with Gasteiger partial charge in [0.15, 0.2) is 0 Å². The second kappa shape index (κ2) is 11.0. The van der Waals surface area contributed by atoms with E-state index in [1.807, 2.05) is 0 Å². The van der Waals surface area contributed by atoms with Gasteiger partial charge in [-0.3, -0.25) is 0 Å². The Morgan fingerprint density at radius 1 is 1.06 bits per heavy atom. The first-order valence-electron chi connectivity index (χ1n) is 7.40. The lowest BCUT2D eigenvalue weighted by atomic mass is 9.90. The highest BCUT2D eigenvalue weighted by Gasteiger charge is 2.16. The quantitative estimate of drug-likeness (QED) is 0.595. The zero-order valence-corrected chi connectivity index (χ0v) is 12.6. The van der Waals surface area contributed by atoms with E-state index < -0.39 is 0 Å². The molecule has 0 saturated carbocycles. The first-order chi connectivity index (χ1) is 8.17. The Hall–Kier alpha value is -0.0800. The molecule has 1 N–H and O–H groups in total. The molecule has 0 aliphatic carbocycles. The Balaban J connectivity index is 4.11. The number of rotatable bonds is 11. The van der Waals surface area contributed by atoms with Crippen molar-refractivity contribution < 1.29 is 4.74 Å². The van der Waals surface area contributed by atoms with Crippen LogP contribution >= 0.6 is 0 Å². The Bertz CT molecular complexity index is 157. The molecule has 0 bridgehead atoms. The third kappa shape index (κ3) is 8.62. The molecule has 0 heterocycles. The second-order valence-corrected chi connectivity index (χ2v) is 5.37. The molecule has 0 rings (SSSR count). The summed E-state index contributed by atoms with van der Waals surface area (Å²) in [5, 5.41) is 3.70. The largest absolute Gasteiger partial charge is 0.384 e. The maximum Gasteiger partial charge on any atom is 0.0488 e. The number of nitrogens with one attached hydrogen (secondary N) is 1. The van der Waals surface area contributed by atoms with Gasteiger partial charge in [0.25, 0.3) is 0 Å². The molecule has 0 amide bonds. The van der Waals surface area contributed by atoms with E-state index in [1.165, 1.54) is 32.1 Å². The smallest absolute Gasteiger partial charge is 0.0488 e. The summed E-state index contributed by atoms with van der Waals surface area (Å²) in [4.78, 5) is 0. The van der Waals surface area contributed by atoms with Gasteiger partial charge in [0, 0.05) is 19.8 Å². The first-order valence-corrected chi connectivity index (χ1v) is 7.40. The zero-order chi connectivity index (χ0) is 13.1. The molecular formula is C15H33NO. The Morgan fingerprint density at radius 2 is 1.71 bits per heavy atom. The van der Waals surface area contributed by atoms with Crippen molar-refractivity contribution in [1.29, 1.82) is 0 Å². The van der Waals surface area contributed by atoms with Crippen LogP contribution in [0.3, 0.4) is 0 Å². The minimum absolute atomic E-state index is 0.656. The number of ether oxygens (including phenoxy) is 1. The second-order valence-electron chi connectivity index (χ2n) is 5.37. The Labute approximate surface area is 109 Å². The maximum atomic E-state index is 5.24. The van der Waals surface area contributed by atoms with E-state index >= 15 is 0 Å². The van der Waals surface area contributed by atoms with Crippen molar-refractivity contribution in [2.24, 2.45) is 11.8 Å². The van der Waals surface area contributed by atoms with Crippen LogP contribution in [-0.4, -0.2) is 26.3 Å². The van der Waals surface area contributed by atoms with E-state index in [0.717, 1.165) is 19.1 Å². The lowest BCUT2D eigenvalue weighted by molar-refractivity contribution is 0.146. The number of hydrogen-bond donors (Lipinski definition) is 1. The highest BCUT2D eigenvalue weighted by atomic mass is 16.5. The molecule has 0 aromatic carbocycles. The van der Waals surface area contributed by atoms with Gasteiger partial charge in [-0.15, -0.1) is 0 Å². The fraction of sp³-hybridized carbons (Fsp3) is 1.00. The van der Waals surface area contributed by atoms with Crippen LogP contribution in [0.15, 0.2) is 0 Å². The fourth-order valence-electron chi connectivity index (χ4n) is 2.47. The molecule has 0 spiro atoms. The van der Waals surface area contributed by atoms with Crippen molar-refractivity contribution in [1.82, 2.24) is 5.32 Å². The SMILES string of the molecule is CCCNC(CC(C)COC)CC(CC)CC. The predicted octanol–water partition coefficient (Wildman–Crippen LogP) is 3.85. The van der Waals surface area contributed by atoms with Gasteiger partial charge in [0.1, 0.15) is 0 Å². The molecular weight excluding hydrogens is 210 g/mol. The number of hydrogen-bond acceptors (Lipinski definition) is 2. The average Bonchev–Trinajstić information content (AvgIpc) is 2.32. The summed E-state index contributed by atoms with van der Waals surface area (Å²) in [6.07, 6.45) is 6.39. The molecule has 2 atom stereocenters. The molecule has 2 unspecified atom stereocenters. The highest BCUT2D eigenvalue weighted by Crippen LogP contribution is 2.19. The summed E-state index contributed by atoms with van der Waals surface area (Å²) in [5.41, 5.74) is 0. The van der Waals surface area contributed by atoms with E-state index in [-0.39, 0.29) is 0 Å². The summed E-state index contributed by atoms with van der Waals surface area (Å²) in [5.74, 6) is 1.53. The lowest BCUT2D eigenvalue weighted by Crippen LogP contribution is -2.34. The van der Waals surface area contributed by atoms with Crippen molar-refractivity contribution in [3.8, 4) is 0 Å². The maximum absolute atomic E-state index is 5.24. The Morgan fingerprint density at radius 3 is 2.18 bits per heavy atom. The van der Waals surface area contributed by atoms with E-state index in [1.54, 1.807) is 7.11 Å². The summed E-state index contributed by atoms with van der Waals surface area (Å²) in [7, 11) is 1.80. The molecule has 104 valence electrons. The van der Waals surface area contributed by atoms with Gasteiger partial charge in [0.05, 0.1) is 0 Å². The number of methoxy groups -OCH3 is 1. The van der Waals surface area contributed by atoms with Gasteiger partial charge in [0.2, 0.25) is 0 Å². The van der Waals surface area contributed by atoms with E-state index in [4.69, 9.17) is 4.74 Å². The van der Waals surface area contributed by atoms with Crippen LogP contribution in [0.1, 0.15) is 59.8 Å². The molecule has 2 heteroatoms. The van der Waals surface area contributed by atoms with Crippen LogP contribution in [0.2, 0.25) is 0 Å². The van der Waals surface area contributed by atoms with Gasteiger partial charge < -0.3 is 10.1 Å². The third-order valence-electron chi connectivity index (χ3n) is 3.59. The summed E-state index contributed by atoms with van der Waals surface area (Å²) in [6, 6.07) is 0.671. The van der Waals surface area contributed by atoms with Crippen molar-refractivity contribution in [3.63, 3.8) is 0 Å². The van der Waals surface area contributed by atoms with Gasteiger partial charge >= 0.3 is 0 Å². The van der Waals surface area contributed by atoms with Crippen LogP contribution in [0, 0.1) is 11.8 Å². The molecule has 0 aromatic rings. The van der Waals surface area contributed by atoms with E-state index in [2.05, 4.69) is 33.0 Å². The van der Waals surface area contributed by atoms with E-state index in [0.29, 0.717) is 12.0 Å². The molecule has 0 fully saturated rings. The normalized spacial score (nSPS) is 15.2. The average molecular weight is 243 g/mol. The molecule has 0 aliphatic heterocycles. The molecule has 17 heavy (non-hydrogen) atoms. The zero-order valence-electron chi connectivity index (χ0n) is 12.6. The van der Waals surface area contributed by atoms with Crippen LogP contribution in [0.25, 0.3) is 0 Å². The highest BCUT2D eigenvalue weighted by molar-refractivity contribution is 4.73. The van der Waals surface area contributed by atoms with Crippen LogP contribution in [0.5, 0.6) is 0 Å². The topological polar surface area (TPSA) is 21.3 Å². The molecule has 0 radical (unpaired) electrons. The lowest BCUT2D eigenvalue weighted by Gasteiger charge is -2.25. The van der Waals surface area contributed by atoms with Gasteiger partial charge in [-0.25, -0.2) is 0 Å². The third-order valence-corrected chi connectivity index (χ3v) is 3.59. The van der Waals surface area contributed by atoms with E-state index in [9.17, 15) is 0 Å². The Kier molecular flexibility index (Phi) is 11.0. The van der Waals surface area contributed by atoms with Gasteiger partial charge in [-0.1, -0.05) is 40.5 Å². The van der Waals surface area contributed by atoms with Crippen LogP contribution < -0.4 is 5.32 Å². The molecule has 0 aromatic heterocycles. The fourth-order valence-corrected chi connectivity index (χ4v) is 2.47. The monoisotopic (exact) mass is 243 g/mol. The van der Waals surface area contributed by atoms with Crippen molar-refractivity contribution in [2.75, 3.05) is 20.3 Å². The minimum Gasteiger partial charge on any atom is -0.384 e. The van der Waals surface area contributed by atoms with Crippen molar-refractivity contribution >= 4 is 0 Å². The van der Waals surface area contributed by atoms with Crippen molar-refractivity contribution in [2.45, 2.75) is 65.8 Å². The van der Waals surface area contributed by atoms with Crippen molar-refractivity contribution in [3.05, 3.63) is 0 Å². The summed E-state index contributed by atoms with van der Waals surface area (Å²) in [6.45, 7) is 11.2. The first kappa shape index (κ1) is 16.9. The van der Waals surface area contributed by atoms with Crippen LogP contribution in [-0.2, 0) is 4.74 Å². The standard InChI is InChI=1S/C15H33NO/c1-6-9-16-15(10-13(4)12-17-5)11-14(7-2)8-3/h13-16H,6-12H2,1-5H3. The van der Waals surface area contributed by atoms with Crippen LogP contribution in [0.4, 0.5) is 0 Å². The molecule has 0 saturated heterocycles. The summed E-state index contributed by atoms with van der Waals surface area (Å²) >= 11 is 0. The minimum atomic E-state index is 0.656. The summed E-state index contributed by atoms with van der Waals surface area (Å²) < 4.78 is 5.24.